The summed E-state index contributed by atoms with van der Waals surface area (Å²) in [4.78, 5) is 17.8. The van der Waals surface area contributed by atoms with E-state index in [1.165, 1.54) is 18.4 Å². The molecule has 9 heteroatoms. The van der Waals surface area contributed by atoms with Gasteiger partial charge in [0.2, 0.25) is 22.7 Å². The number of anilines is 1. The van der Waals surface area contributed by atoms with E-state index in [1.807, 2.05) is 31.2 Å². The maximum Gasteiger partial charge on any atom is 0.242 e. The number of benzene rings is 2. The van der Waals surface area contributed by atoms with Gasteiger partial charge in [-0.25, -0.2) is 17.7 Å². The Morgan fingerprint density at radius 2 is 1.76 bits per heavy atom. The van der Waals surface area contributed by atoms with Gasteiger partial charge >= 0.3 is 0 Å². The Kier molecular flexibility index (Phi) is 5.33. The zero-order valence-corrected chi connectivity index (χ0v) is 20.0. The van der Waals surface area contributed by atoms with Gasteiger partial charge in [-0.05, 0) is 66.8 Å². The first kappa shape index (κ1) is 22.4. The van der Waals surface area contributed by atoms with Crippen molar-refractivity contribution in [1.29, 1.82) is 0 Å². The maximum atomic E-state index is 13.2. The predicted octanol–water partition coefficient (Wildman–Crippen LogP) is 3.95. The molecule has 2 aromatic carbocycles. The first-order valence-electron chi connectivity index (χ1n) is 10.9. The molecule has 2 aliphatic rings. The average Bonchev–Trinajstić information content (AvgIpc) is 3.50. The zero-order valence-electron chi connectivity index (χ0n) is 19.2. The van der Waals surface area contributed by atoms with Crippen LogP contribution in [0.25, 0.3) is 11.1 Å². The lowest BCUT2D eigenvalue weighted by atomic mass is 9.94. The summed E-state index contributed by atoms with van der Waals surface area (Å²) in [6.45, 7) is 2.13. The predicted molar refractivity (Wildman–Crippen MR) is 130 cm³/mol. The van der Waals surface area contributed by atoms with Crippen LogP contribution in [0.3, 0.4) is 0 Å². The number of carbonyl (C=O) groups is 1. The number of pyridine rings is 1. The fourth-order valence-electron chi connectivity index (χ4n) is 4.15. The van der Waals surface area contributed by atoms with Crippen molar-refractivity contribution >= 4 is 21.7 Å². The summed E-state index contributed by atoms with van der Waals surface area (Å²) < 4.78 is 36.6. The van der Waals surface area contributed by atoms with Crippen molar-refractivity contribution in [3.8, 4) is 22.6 Å². The van der Waals surface area contributed by atoms with Gasteiger partial charge in [0.1, 0.15) is 5.82 Å². The molecule has 5 rings (SSSR count). The highest BCUT2D eigenvalue weighted by atomic mass is 32.2. The molecule has 34 heavy (non-hydrogen) atoms. The molecule has 8 nitrogen and oxygen atoms in total. The Labute approximate surface area is 200 Å². The van der Waals surface area contributed by atoms with Crippen molar-refractivity contribution in [3.63, 3.8) is 0 Å². The number of hydrogen-bond donors (Lipinski definition) is 1. The molecule has 2 heterocycles. The number of hydrogen-bond acceptors (Lipinski definition) is 6. The largest absolute Gasteiger partial charge is 0.454 e. The second-order valence-corrected chi connectivity index (χ2v) is 11.0. The highest BCUT2D eigenvalue weighted by molar-refractivity contribution is 7.89. The molecule has 0 spiro atoms. The van der Waals surface area contributed by atoms with Crippen LogP contribution in [-0.4, -0.2) is 44.5 Å². The van der Waals surface area contributed by atoms with Crippen LogP contribution in [0.1, 0.15) is 25.4 Å². The number of fused-ring (bicyclic) bond motifs is 1. The number of aromatic nitrogens is 1. The van der Waals surface area contributed by atoms with Gasteiger partial charge in [-0.3, -0.25) is 4.79 Å². The molecule has 1 N–H and O–H groups in total. The average molecular weight is 482 g/mol. The van der Waals surface area contributed by atoms with Gasteiger partial charge in [-0.15, -0.1) is 0 Å². The molecular formula is C25H27N3O5S. The minimum Gasteiger partial charge on any atom is -0.454 e. The summed E-state index contributed by atoms with van der Waals surface area (Å²) in [5, 5.41) is 2.96. The molecule has 1 aromatic heterocycles. The molecule has 0 atom stereocenters. The molecule has 1 aliphatic heterocycles. The molecule has 1 fully saturated rings. The summed E-state index contributed by atoms with van der Waals surface area (Å²) in [6, 6.07) is 14.2. The number of aryl methyl sites for hydroxylation is 1. The van der Waals surface area contributed by atoms with Crippen LogP contribution in [0.5, 0.6) is 11.5 Å². The van der Waals surface area contributed by atoms with Crippen LogP contribution in [-0.2, 0) is 20.2 Å². The summed E-state index contributed by atoms with van der Waals surface area (Å²) >= 11 is 0. The number of nitrogens with zero attached hydrogens (tertiary/aromatic N) is 2. The Bertz CT molecular complexity index is 1390. The number of carbonyl (C=O) groups excluding carboxylic acids is 1. The van der Waals surface area contributed by atoms with Crippen LogP contribution in [0.2, 0.25) is 0 Å². The fourth-order valence-corrected chi connectivity index (χ4v) is 5.05. The van der Waals surface area contributed by atoms with Gasteiger partial charge in [0.15, 0.2) is 11.5 Å². The van der Waals surface area contributed by atoms with E-state index in [4.69, 9.17) is 9.47 Å². The van der Waals surface area contributed by atoms with Crippen molar-refractivity contribution in [2.24, 2.45) is 0 Å². The summed E-state index contributed by atoms with van der Waals surface area (Å²) in [5.41, 5.74) is 2.96. The SMILES string of the molecule is Cc1cc(NC(=O)C2(c3ccc4c(c3)OCO4)CC2)ncc1-c1ccc(S(=O)(=O)N(C)C)cc1.[HH]. The lowest BCUT2D eigenvalue weighted by molar-refractivity contribution is -0.118. The van der Waals surface area contributed by atoms with Gasteiger partial charge in [0.25, 0.3) is 0 Å². The van der Waals surface area contributed by atoms with Crippen molar-refractivity contribution in [2.75, 3.05) is 26.2 Å². The van der Waals surface area contributed by atoms with Crippen molar-refractivity contribution in [3.05, 3.63) is 65.9 Å². The quantitative estimate of drug-likeness (QED) is 0.573. The molecule has 0 bridgehead atoms. The van der Waals surface area contributed by atoms with Crippen LogP contribution in [0.15, 0.2) is 59.6 Å². The first-order chi connectivity index (χ1) is 16.2. The molecule has 3 aromatic rings. The molecule has 1 amide bonds. The van der Waals surface area contributed by atoms with E-state index in [1.54, 1.807) is 30.5 Å². The van der Waals surface area contributed by atoms with E-state index >= 15 is 0 Å². The number of nitrogens with one attached hydrogen (secondary N) is 1. The van der Waals surface area contributed by atoms with Gasteiger partial charge in [-0.1, -0.05) is 18.2 Å². The highest BCUT2D eigenvalue weighted by Gasteiger charge is 2.51. The van der Waals surface area contributed by atoms with E-state index in [0.717, 1.165) is 35.1 Å². The van der Waals surface area contributed by atoms with Gasteiger partial charge in [-0.2, -0.15) is 0 Å². The van der Waals surface area contributed by atoms with Crippen LogP contribution >= 0.6 is 0 Å². The summed E-state index contributed by atoms with van der Waals surface area (Å²) in [7, 11) is -0.480. The lowest BCUT2D eigenvalue weighted by Gasteiger charge is -2.17. The first-order valence-corrected chi connectivity index (χ1v) is 12.4. The van der Waals surface area contributed by atoms with Gasteiger partial charge in [0, 0.05) is 27.3 Å². The molecule has 0 saturated heterocycles. The fraction of sp³-hybridized carbons (Fsp3) is 0.280. The standard InChI is InChI=1S/C25H25N3O5S.H2/c1-16-12-23(26-14-20(16)17-4-7-19(8-5-17)34(30,31)28(2)3)27-24(29)25(10-11-25)18-6-9-21-22(13-18)33-15-32-21;/h4-9,12-14H,10-11,15H2,1-3H3,(H,26,27,29);1H. The molecule has 1 saturated carbocycles. The molecule has 0 unspecified atom stereocenters. The van der Waals surface area contributed by atoms with Crippen molar-refractivity contribution in [2.45, 2.75) is 30.1 Å². The Morgan fingerprint density at radius 3 is 2.41 bits per heavy atom. The number of ether oxygens (including phenoxy) is 2. The zero-order chi connectivity index (χ0) is 24.1. The number of sulfonamides is 1. The molecule has 0 radical (unpaired) electrons. The third kappa shape index (κ3) is 3.80. The van der Waals surface area contributed by atoms with E-state index in [2.05, 4.69) is 10.3 Å². The maximum absolute atomic E-state index is 13.2. The molecule has 178 valence electrons. The molecule has 1 aliphatic carbocycles. The van der Waals surface area contributed by atoms with E-state index in [-0.39, 0.29) is 19.0 Å². The van der Waals surface area contributed by atoms with Crippen LogP contribution in [0, 0.1) is 6.92 Å². The third-order valence-corrected chi connectivity index (χ3v) is 8.24. The van der Waals surface area contributed by atoms with Crippen LogP contribution in [0.4, 0.5) is 5.82 Å². The highest BCUT2D eigenvalue weighted by Crippen LogP contribution is 2.51. The Morgan fingerprint density at radius 1 is 1.06 bits per heavy atom. The van der Waals surface area contributed by atoms with Gasteiger partial charge < -0.3 is 14.8 Å². The normalized spacial score (nSPS) is 15.9. The number of rotatable bonds is 6. The smallest absolute Gasteiger partial charge is 0.242 e. The van der Waals surface area contributed by atoms with Gasteiger partial charge in [0.05, 0.1) is 10.3 Å². The second kappa shape index (κ2) is 8.11. The van der Waals surface area contributed by atoms with E-state index in [0.29, 0.717) is 17.3 Å². The Balaban J connectivity index is 0.00000289. The second-order valence-electron chi connectivity index (χ2n) is 8.80. The number of amides is 1. The van der Waals surface area contributed by atoms with Crippen LogP contribution < -0.4 is 14.8 Å². The lowest BCUT2D eigenvalue weighted by Crippen LogP contribution is -2.28. The topological polar surface area (TPSA) is 97.8 Å². The van der Waals surface area contributed by atoms with E-state index < -0.39 is 15.4 Å². The Hall–Kier alpha value is -3.43. The minimum absolute atomic E-state index is 0. The minimum atomic E-state index is -3.49. The molecular weight excluding hydrogens is 454 g/mol. The van der Waals surface area contributed by atoms with E-state index in [9.17, 15) is 13.2 Å². The third-order valence-electron chi connectivity index (χ3n) is 6.41. The van der Waals surface area contributed by atoms with Crippen molar-refractivity contribution in [1.82, 2.24) is 9.29 Å². The van der Waals surface area contributed by atoms with Crippen molar-refractivity contribution < 1.29 is 24.1 Å². The summed E-state index contributed by atoms with van der Waals surface area (Å²) in [6.07, 6.45) is 3.22. The summed E-state index contributed by atoms with van der Waals surface area (Å²) in [5.74, 6) is 1.74. The monoisotopic (exact) mass is 481 g/mol.